The Morgan fingerprint density at radius 3 is 2.53 bits per heavy atom. The Labute approximate surface area is 191 Å². The fraction of sp³-hybridized carbons (Fsp3) is 0.481. The van der Waals surface area contributed by atoms with Crippen LogP contribution in [0.1, 0.15) is 60.5 Å². The largest absolute Gasteiger partial charge is 0.481 e. The molecule has 5 nitrogen and oxygen atoms in total. The van der Waals surface area contributed by atoms with Crippen molar-refractivity contribution in [2.24, 2.45) is 5.41 Å². The van der Waals surface area contributed by atoms with E-state index in [0.717, 1.165) is 68.5 Å². The van der Waals surface area contributed by atoms with Crippen LogP contribution in [0.2, 0.25) is 0 Å². The summed E-state index contributed by atoms with van der Waals surface area (Å²) in [6.07, 6.45) is 5.51. The number of amides is 2. The predicted molar refractivity (Wildman–Crippen MR) is 126 cm³/mol. The van der Waals surface area contributed by atoms with Crippen LogP contribution in [-0.4, -0.2) is 42.5 Å². The zero-order valence-corrected chi connectivity index (χ0v) is 19.2. The summed E-state index contributed by atoms with van der Waals surface area (Å²) in [6, 6.07) is 15.8. The van der Waals surface area contributed by atoms with E-state index in [0.29, 0.717) is 6.54 Å². The normalized spacial score (nSPS) is 21.5. The molecule has 0 aliphatic carbocycles. The van der Waals surface area contributed by atoms with Crippen molar-refractivity contribution in [3.8, 4) is 5.75 Å². The van der Waals surface area contributed by atoms with Crippen molar-refractivity contribution >= 4 is 11.8 Å². The number of nitrogens with one attached hydrogen (secondary N) is 1. The molecule has 0 saturated carbocycles. The van der Waals surface area contributed by atoms with Gasteiger partial charge in [-0.15, -0.1) is 0 Å². The number of para-hydroxylation sites is 1. The number of benzene rings is 2. The first-order valence-corrected chi connectivity index (χ1v) is 11.8. The fourth-order valence-corrected chi connectivity index (χ4v) is 4.99. The SMILES string of the molecule is Cc1ccccc1C(=O)N1CCC2(CCCCc3ccccc3O[C@H](C)C(=O)NC2)CC1. The van der Waals surface area contributed by atoms with Crippen LogP contribution in [0.5, 0.6) is 5.75 Å². The number of ether oxygens (including phenoxy) is 1. The summed E-state index contributed by atoms with van der Waals surface area (Å²) in [5, 5.41) is 3.16. The molecule has 2 aliphatic heterocycles. The van der Waals surface area contributed by atoms with E-state index < -0.39 is 6.10 Å². The van der Waals surface area contributed by atoms with Crippen LogP contribution >= 0.6 is 0 Å². The Hall–Kier alpha value is -2.82. The van der Waals surface area contributed by atoms with Crippen LogP contribution in [0.15, 0.2) is 48.5 Å². The molecule has 0 bridgehead atoms. The molecule has 1 fully saturated rings. The topological polar surface area (TPSA) is 58.6 Å². The summed E-state index contributed by atoms with van der Waals surface area (Å²) in [4.78, 5) is 27.8. The third kappa shape index (κ3) is 4.98. The Morgan fingerprint density at radius 2 is 1.75 bits per heavy atom. The first-order chi connectivity index (χ1) is 15.5. The number of likely N-dealkylation sites (tertiary alicyclic amines) is 1. The molecule has 0 aromatic heterocycles. The summed E-state index contributed by atoms with van der Waals surface area (Å²) in [7, 11) is 0. The number of piperidine rings is 1. The van der Waals surface area contributed by atoms with Gasteiger partial charge in [-0.25, -0.2) is 0 Å². The number of rotatable bonds is 1. The molecule has 4 rings (SSSR count). The summed E-state index contributed by atoms with van der Waals surface area (Å²) >= 11 is 0. The van der Waals surface area contributed by atoms with Gasteiger partial charge in [0.05, 0.1) is 0 Å². The first kappa shape index (κ1) is 22.4. The van der Waals surface area contributed by atoms with Crippen LogP contribution in [0.4, 0.5) is 0 Å². The van der Waals surface area contributed by atoms with E-state index in [9.17, 15) is 9.59 Å². The van der Waals surface area contributed by atoms with Gasteiger partial charge >= 0.3 is 0 Å². The second-order valence-corrected chi connectivity index (χ2v) is 9.40. The lowest BCUT2D eigenvalue weighted by Crippen LogP contribution is -2.49. The highest BCUT2D eigenvalue weighted by molar-refractivity contribution is 5.95. The molecule has 32 heavy (non-hydrogen) atoms. The highest BCUT2D eigenvalue weighted by Crippen LogP contribution is 2.37. The van der Waals surface area contributed by atoms with E-state index in [1.807, 2.05) is 61.2 Å². The number of carbonyl (C=O) groups is 2. The highest BCUT2D eigenvalue weighted by Gasteiger charge is 2.36. The van der Waals surface area contributed by atoms with Crippen LogP contribution in [0.25, 0.3) is 0 Å². The maximum absolute atomic E-state index is 13.1. The van der Waals surface area contributed by atoms with Gasteiger partial charge < -0.3 is 15.0 Å². The van der Waals surface area contributed by atoms with Crippen LogP contribution in [0, 0.1) is 12.3 Å². The summed E-state index contributed by atoms with van der Waals surface area (Å²) in [5.74, 6) is 0.861. The molecule has 2 heterocycles. The van der Waals surface area contributed by atoms with Gasteiger partial charge in [0.15, 0.2) is 6.10 Å². The summed E-state index contributed by atoms with van der Waals surface area (Å²) < 4.78 is 6.00. The molecule has 1 saturated heterocycles. The molecule has 2 aromatic carbocycles. The molecular formula is C27H34N2O3. The molecule has 1 spiro atoms. The number of hydrogen-bond donors (Lipinski definition) is 1. The van der Waals surface area contributed by atoms with Crippen LogP contribution < -0.4 is 10.1 Å². The zero-order chi connectivity index (χ0) is 22.6. The summed E-state index contributed by atoms with van der Waals surface area (Å²) in [5.41, 5.74) is 3.02. The average molecular weight is 435 g/mol. The van der Waals surface area contributed by atoms with E-state index in [1.54, 1.807) is 0 Å². The average Bonchev–Trinajstić information content (AvgIpc) is 2.81. The van der Waals surface area contributed by atoms with Crippen LogP contribution in [0.3, 0.4) is 0 Å². The maximum atomic E-state index is 13.1. The Balaban J connectivity index is 1.44. The van der Waals surface area contributed by atoms with Crippen LogP contribution in [-0.2, 0) is 11.2 Å². The third-order valence-corrected chi connectivity index (χ3v) is 7.17. The van der Waals surface area contributed by atoms with E-state index in [1.165, 1.54) is 5.56 Å². The highest BCUT2D eigenvalue weighted by atomic mass is 16.5. The lowest BCUT2D eigenvalue weighted by molar-refractivity contribution is -0.128. The van der Waals surface area contributed by atoms with Gasteiger partial charge in [-0.05, 0) is 74.6 Å². The quantitative estimate of drug-likeness (QED) is 0.718. The Kier molecular flexibility index (Phi) is 6.83. The van der Waals surface area contributed by atoms with Crippen molar-refractivity contribution in [2.45, 2.75) is 58.5 Å². The van der Waals surface area contributed by atoms with E-state index >= 15 is 0 Å². The predicted octanol–water partition coefficient (Wildman–Crippen LogP) is 4.53. The van der Waals surface area contributed by atoms with Gasteiger partial charge in [-0.3, -0.25) is 9.59 Å². The lowest BCUT2D eigenvalue weighted by Gasteiger charge is -2.42. The van der Waals surface area contributed by atoms with Crippen molar-refractivity contribution in [1.82, 2.24) is 10.2 Å². The molecule has 1 N–H and O–H groups in total. The fourth-order valence-electron chi connectivity index (χ4n) is 4.99. The number of fused-ring (bicyclic) bond motifs is 1. The number of nitrogens with zero attached hydrogens (tertiary/aromatic N) is 1. The molecule has 2 aliphatic rings. The van der Waals surface area contributed by atoms with E-state index in [4.69, 9.17) is 4.74 Å². The molecule has 170 valence electrons. The van der Waals surface area contributed by atoms with Crippen molar-refractivity contribution in [3.05, 3.63) is 65.2 Å². The van der Waals surface area contributed by atoms with Crippen molar-refractivity contribution in [1.29, 1.82) is 0 Å². The second-order valence-electron chi connectivity index (χ2n) is 9.40. The molecular weight excluding hydrogens is 400 g/mol. The lowest BCUT2D eigenvalue weighted by atomic mass is 9.74. The smallest absolute Gasteiger partial charge is 0.260 e. The number of aryl methyl sites for hydroxylation is 2. The third-order valence-electron chi connectivity index (χ3n) is 7.17. The van der Waals surface area contributed by atoms with Crippen molar-refractivity contribution in [2.75, 3.05) is 19.6 Å². The molecule has 0 radical (unpaired) electrons. The standard InChI is InChI=1S/C27H34N2O3/c1-20-9-3-5-12-23(20)26(31)29-17-15-27(16-18-29)14-8-7-11-22-10-4-6-13-24(22)32-21(2)25(30)28-19-27/h3-6,9-10,12-13,21H,7-8,11,14-19H2,1-2H3,(H,28,30)/t21-/m1/s1. The second kappa shape index (κ2) is 9.76. The van der Waals surface area contributed by atoms with E-state index in [-0.39, 0.29) is 17.2 Å². The van der Waals surface area contributed by atoms with Crippen molar-refractivity contribution in [3.63, 3.8) is 0 Å². The molecule has 2 amide bonds. The van der Waals surface area contributed by atoms with Gasteiger partial charge in [0.1, 0.15) is 5.75 Å². The summed E-state index contributed by atoms with van der Waals surface area (Å²) in [6.45, 7) is 5.92. The minimum Gasteiger partial charge on any atom is -0.481 e. The van der Waals surface area contributed by atoms with Gasteiger partial charge in [0, 0.05) is 25.2 Å². The van der Waals surface area contributed by atoms with E-state index in [2.05, 4.69) is 11.4 Å². The van der Waals surface area contributed by atoms with Gasteiger partial charge in [0.2, 0.25) is 0 Å². The monoisotopic (exact) mass is 434 g/mol. The van der Waals surface area contributed by atoms with Gasteiger partial charge in [-0.1, -0.05) is 42.8 Å². The number of carbonyl (C=O) groups excluding carboxylic acids is 2. The zero-order valence-electron chi connectivity index (χ0n) is 19.2. The van der Waals surface area contributed by atoms with Gasteiger partial charge in [-0.2, -0.15) is 0 Å². The molecule has 0 unspecified atom stereocenters. The van der Waals surface area contributed by atoms with Gasteiger partial charge in [0.25, 0.3) is 11.8 Å². The first-order valence-electron chi connectivity index (χ1n) is 11.8. The Bertz CT molecular complexity index is 963. The Morgan fingerprint density at radius 1 is 1.03 bits per heavy atom. The maximum Gasteiger partial charge on any atom is 0.260 e. The molecule has 1 atom stereocenters. The molecule has 5 heteroatoms. The number of hydrogen-bond acceptors (Lipinski definition) is 3. The minimum atomic E-state index is -0.532. The minimum absolute atomic E-state index is 0.0383. The molecule has 2 aromatic rings. The van der Waals surface area contributed by atoms with Crippen molar-refractivity contribution < 1.29 is 14.3 Å².